The van der Waals surface area contributed by atoms with Crippen molar-refractivity contribution >= 4 is 8.25 Å². The Balaban J connectivity index is 0. The normalized spacial score (nSPS) is 10.9. The van der Waals surface area contributed by atoms with Gasteiger partial charge in [0.05, 0.1) is 0 Å². The molecule has 0 N–H and O–H groups in total. The molecule has 0 aromatic rings. The van der Waals surface area contributed by atoms with Crippen LogP contribution in [0.5, 0.6) is 0 Å². The van der Waals surface area contributed by atoms with E-state index in [1.165, 1.54) is 38.5 Å². The molecule has 0 rings (SSSR count). The predicted molar refractivity (Wildman–Crippen MR) is 56.2 cm³/mol. The molecule has 3 nitrogen and oxygen atoms in total. The van der Waals surface area contributed by atoms with E-state index < -0.39 is 8.25 Å². The van der Waals surface area contributed by atoms with Gasteiger partial charge in [0, 0.05) is 0 Å². The number of hydrogen-bond donors (Lipinski definition) is 0. The van der Waals surface area contributed by atoms with Crippen LogP contribution in [0.25, 0.3) is 0 Å². The summed E-state index contributed by atoms with van der Waals surface area (Å²) in [4.78, 5) is 10.0. The van der Waals surface area contributed by atoms with E-state index in [1.807, 2.05) is 0 Å². The number of hydrogen-bond acceptors (Lipinski definition) is 3. The van der Waals surface area contributed by atoms with Gasteiger partial charge >= 0.3 is 49.1 Å². The van der Waals surface area contributed by atoms with Crippen molar-refractivity contribution in [1.82, 2.24) is 0 Å². The zero-order valence-electron chi connectivity index (χ0n) is 9.54. The first-order valence-corrected chi connectivity index (χ1v) is 6.64. The van der Waals surface area contributed by atoms with Gasteiger partial charge < -0.3 is 4.89 Å². The monoisotopic (exact) mass is 362 g/mol. The first-order valence-electron chi connectivity index (χ1n) is 5.54. The Kier molecular flexibility index (Phi) is 19.2. The van der Waals surface area contributed by atoms with E-state index in [0.717, 1.165) is 12.8 Å². The largest absolute Gasteiger partial charge is 3.00 e. The molecular formula is C10H21NdO3P+3. The molecule has 0 aliphatic heterocycles. The van der Waals surface area contributed by atoms with Crippen LogP contribution in [0.2, 0.25) is 0 Å². The summed E-state index contributed by atoms with van der Waals surface area (Å²) in [7, 11) is -2.63. The van der Waals surface area contributed by atoms with Crippen LogP contribution >= 0.6 is 8.25 Å². The first kappa shape index (κ1) is 18.7. The third-order valence-electron chi connectivity index (χ3n) is 2.19. The molecule has 0 saturated heterocycles. The summed E-state index contributed by atoms with van der Waals surface area (Å²) in [5.74, 6) is 0. The van der Waals surface area contributed by atoms with Gasteiger partial charge in [-0.25, -0.2) is 0 Å². The first-order chi connectivity index (χ1) is 6.77. The van der Waals surface area contributed by atoms with Crippen LogP contribution in [-0.2, 0) is 9.09 Å². The van der Waals surface area contributed by atoms with E-state index >= 15 is 0 Å². The van der Waals surface area contributed by atoms with Gasteiger partial charge in [0.25, 0.3) is 0 Å². The predicted octanol–water partition coefficient (Wildman–Crippen LogP) is 3.16. The second kappa shape index (κ2) is 15.4. The van der Waals surface area contributed by atoms with Gasteiger partial charge in [0.1, 0.15) is 6.61 Å². The molecule has 0 aliphatic rings. The minimum atomic E-state index is -2.63. The molecule has 0 heterocycles. The Morgan fingerprint density at radius 2 is 1.47 bits per heavy atom. The van der Waals surface area contributed by atoms with Crippen LogP contribution in [0.1, 0.15) is 58.3 Å². The van der Waals surface area contributed by atoms with Crippen molar-refractivity contribution in [2.45, 2.75) is 58.3 Å². The summed E-state index contributed by atoms with van der Waals surface area (Å²) in [5, 5.41) is 0. The van der Waals surface area contributed by atoms with Crippen molar-refractivity contribution in [2.75, 3.05) is 6.61 Å². The minimum Gasteiger partial charge on any atom is -0.566 e. The zero-order chi connectivity index (χ0) is 10.6. The molecule has 0 aromatic carbocycles. The molecule has 1 unspecified atom stereocenters. The molecule has 0 fully saturated rings. The Hall–Kier alpha value is 1.37. The van der Waals surface area contributed by atoms with Gasteiger partial charge in [-0.1, -0.05) is 51.9 Å². The van der Waals surface area contributed by atoms with Gasteiger partial charge in [-0.15, -0.1) is 4.52 Å². The third-order valence-corrected chi connectivity index (χ3v) is 2.59. The second-order valence-electron chi connectivity index (χ2n) is 3.53. The summed E-state index contributed by atoms with van der Waals surface area (Å²) < 4.78 is 14.5. The van der Waals surface area contributed by atoms with Gasteiger partial charge in [0.2, 0.25) is 0 Å². The molecule has 0 spiro atoms. The molecule has 85 valence electrons. The van der Waals surface area contributed by atoms with Crippen molar-refractivity contribution in [3.05, 3.63) is 0 Å². The summed E-state index contributed by atoms with van der Waals surface area (Å²) in [6.07, 6.45) is 9.66. The standard InChI is InChI=1S/C10H21O3P.Nd/c1-2-3-4-5-6-7-8-9-10-13-14(11)12;/h2-10H2,1H3;/q;+3. The summed E-state index contributed by atoms with van der Waals surface area (Å²) in [5.41, 5.74) is 0. The maximum absolute atomic E-state index is 10.0. The van der Waals surface area contributed by atoms with Crippen LogP contribution in [0.3, 0.4) is 0 Å². The smallest absolute Gasteiger partial charge is 0.566 e. The molecule has 0 aliphatic carbocycles. The van der Waals surface area contributed by atoms with Gasteiger partial charge in [-0.05, 0) is 11.0 Å². The van der Waals surface area contributed by atoms with E-state index in [4.69, 9.17) is 0 Å². The fraction of sp³-hybridized carbons (Fsp3) is 1.00. The van der Waals surface area contributed by atoms with Crippen molar-refractivity contribution in [1.29, 1.82) is 0 Å². The summed E-state index contributed by atoms with van der Waals surface area (Å²) in [6, 6.07) is 0. The van der Waals surface area contributed by atoms with Crippen LogP contribution in [0.15, 0.2) is 0 Å². The average molecular weight is 364 g/mol. The third kappa shape index (κ3) is 18.0. The minimum absolute atomic E-state index is 0. The molecule has 0 bridgehead atoms. The van der Waals surface area contributed by atoms with Crippen LogP contribution in [-0.4, -0.2) is 6.61 Å². The van der Waals surface area contributed by atoms with Crippen molar-refractivity contribution in [3.8, 4) is 0 Å². The van der Waals surface area contributed by atoms with E-state index in [2.05, 4.69) is 11.4 Å². The summed E-state index contributed by atoms with van der Waals surface area (Å²) >= 11 is 0. The van der Waals surface area contributed by atoms with Gasteiger partial charge in [0.15, 0.2) is 0 Å². The Morgan fingerprint density at radius 1 is 1.00 bits per heavy atom. The van der Waals surface area contributed by atoms with Crippen molar-refractivity contribution < 1.29 is 54.8 Å². The molecule has 1 radical (unpaired) electrons. The molecule has 0 amide bonds. The van der Waals surface area contributed by atoms with E-state index in [-0.39, 0.29) is 40.8 Å². The SMILES string of the molecule is CCCCCCCCCCO[P+](=O)[O-].[Nd+3]. The van der Waals surface area contributed by atoms with E-state index in [0.29, 0.717) is 6.61 Å². The molecule has 15 heavy (non-hydrogen) atoms. The average Bonchev–Trinajstić information content (AvgIpc) is 2.15. The maximum Gasteiger partial charge on any atom is 3.00 e. The molecule has 0 saturated carbocycles. The van der Waals surface area contributed by atoms with E-state index in [1.54, 1.807) is 0 Å². The topological polar surface area (TPSA) is 49.4 Å². The Bertz CT molecular complexity index is 145. The Labute approximate surface area is 127 Å². The van der Waals surface area contributed by atoms with Crippen LogP contribution in [0.4, 0.5) is 0 Å². The fourth-order valence-electron chi connectivity index (χ4n) is 1.38. The van der Waals surface area contributed by atoms with Crippen LogP contribution in [0, 0.1) is 40.8 Å². The van der Waals surface area contributed by atoms with Gasteiger partial charge in [-0.3, -0.25) is 0 Å². The summed E-state index contributed by atoms with van der Waals surface area (Å²) in [6.45, 7) is 2.56. The molecule has 0 aromatic heterocycles. The molecule has 5 heteroatoms. The van der Waals surface area contributed by atoms with Gasteiger partial charge in [-0.2, -0.15) is 0 Å². The van der Waals surface area contributed by atoms with Crippen molar-refractivity contribution in [2.24, 2.45) is 0 Å². The molecule has 1 atom stereocenters. The second-order valence-corrected chi connectivity index (χ2v) is 4.24. The maximum atomic E-state index is 10.0. The van der Waals surface area contributed by atoms with Crippen molar-refractivity contribution in [3.63, 3.8) is 0 Å². The number of unbranched alkanes of at least 4 members (excludes halogenated alkanes) is 7. The quantitative estimate of drug-likeness (QED) is 0.442. The molecular weight excluding hydrogens is 343 g/mol. The number of rotatable bonds is 10. The Morgan fingerprint density at radius 3 is 1.93 bits per heavy atom. The fourth-order valence-corrected chi connectivity index (χ4v) is 1.65. The zero-order valence-corrected chi connectivity index (χ0v) is 13.6. The van der Waals surface area contributed by atoms with Crippen LogP contribution < -0.4 is 4.89 Å². The van der Waals surface area contributed by atoms with E-state index in [9.17, 15) is 9.46 Å².